The molecule has 1 aliphatic rings. The molecule has 0 amide bonds. The number of hydrogen-bond donors (Lipinski definition) is 0. The van der Waals surface area contributed by atoms with Crippen LogP contribution in [0.2, 0.25) is 5.02 Å². The molecular weight excluding hydrogens is 280 g/mol. The Labute approximate surface area is 124 Å². The van der Waals surface area contributed by atoms with Crippen molar-refractivity contribution in [3.63, 3.8) is 0 Å². The molecule has 0 atom stereocenters. The molecule has 1 aliphatic carbocycles. The number of benzene rings is 1. The molecule has 0 radical (unpaired) electrons. The van der Waals surface area contributed by atoms with Gasteiger partial charge in [-0.25, -0.2) is 0 Å². The summed E-state index contributed by atoms with van der Waals surface area (Å²) in [4.78, 5) is 12.4. The minimum absolute atomic E-state index is 0.0301. The third-order valence-corrected chi connectivity index (χ3v) is 4.27. The Morgan fingerprint density at radius 2 is 1.80 bits per heavy atom. The predicted octanol–water partition coefficient (Wildman–Crippen LogP) is 3.50. The Kier molecular flexibility index (Phi) is 4.55. The van der Waals surface area contributed by atoms with Crippen molar-refractivity contribution in [3.05, 3.63) is 22.7 Å². The quantitative estimate of drug-likeness (QED) is 0.754. The van der Waals surface area contributed by atoms with Gasteiger partial charge in [-0.2, -0.15) is 0 Å². The van der Waals surface area contributed by atoms with Gasteiger partial charge in [-0.05, 0) is 25.3 Å². The van der Waals surface area contributed by atoms with Crippen LogP contribution in [0.25, 0.3) is 0 Å². The van der Waals surface area contributed by atoms with Gasteiger partial charge < -0.3 is 14.2 Å². The Balaban J connectivity index is 2.25. The molecule has 0 heterocycles. The molecule has 110 valence electrons. The number of ether oxygens (including phenoxy) is 3. The van der Waals surface area contributed by atoms with Gasteiger partial charge >= 0.3 is 0 Å². The van der Waals surface area contributed by atoms with E-state index in [4.69, 9.17) is 25.8 Å². The Morgan fingerprint density at radius 3 is 2.25 bits per heavy atom. The van der Waals surface area contributed by atoms with Crippen LogP contribution in [-0.4, -0.2) is 32.7 Å². The van der Waals surface area contributed by atoms with Gasteiger partial charge in [0, 0.05) is 25.2 Å². The number of hydrogen-bond acceptors (Lipinski definition) is 4. The normalized spacial score (nSPS) is 16.4. The van der Waals surface area contributed by atoms with E-state index in [1.54, 1.807) is 19.2 Å². The molecule has 20 heavy (non-hydrogen) atoms. The zero-order valence-corrected chi connectivity index (χ0v) is 12.8. The molecule has 0 bridgehead atoms. The summed E-state index contributed by atoms with van der Waals surface area (Å²) in [6.07, 6.45) is 3.28. The summed E-state index contributed by atoms with van der Waals surface area (Å²) < 4.78 is 15.9. The fourth-order valence-electron chi connectivity index (χ4n) is 2.48. The average molecular weight is 299 g/mol. The first-order valence-corrected chi connectivity index (χ1v) is 6.93. The van der Waals surface area contributed by atoms with Crippen molar-refractivity contribution in [2.75, 3.05) is 21.3 Å². The van der Waals surface area contributed by atoms with Crippen molar-refractivity contribution in [1.82, 2.24) is 0 Å². The lowest BCUT2D eigenvalue weighted by molar-refractivity contribution is -0.0704. The van der Waals surface area contributed by atoms with E-state index in [1.807, 2.05) is 0 Å². The van der Waals surface area contributed by atoms with Crippen LogP contribution in [0.3, 0.4) is 0 Å². The molecule has 1 saturated carbocycles. The van der Waals surface area contributed by atoms with Gasteiger partial charge in [0.25, 0.3) is 0 Å². The lowest BCUT2D eigenvalue weighted by Gasteiger charge is -2.40. The third-order valence-electron chi connectivity index (χ3n) is 3.95. The fourth-order valence-corrected chi connectivity index (χ4v) is 2.74. The Bertz CT molecular complexity index is 503. The number of ketones is 1. The zero-order valence-electron chi connectivity index (χ0n) is 12.0. The summed E-state index contributed by atoms with van der Waals surface area (Å²) in [5.74, 6) is 0.983. The second-order valence-electron chi connectivity index (χ2n) is 5.03. The fraction of sp³-hybridized carbons (Fsp3) is 0.533. The van der Waals surface area contributed by atoms with Crippen LogP contribution in [0.4, 0.5) is 0 Å². The highest BCUT2D eigenvalue weighted by Crippen LogP contribution is 2.40. The SMILES string of the molecule is COc1cc(Cl)c(C(=O)CC2(OC)CCC2)cc1OC. The van der Waals surface area contributed by atoms with Crippen molar-refractivity contribution in [2.45, 2.75) is 31.3 Å². The topological polar surface area (TPSA) is 44.8 Å². The van der Waals surface area contributed by atoms with Gasteiger partial charge in [0.1, 0.15) is 0 Å². The van der Waals surface area contributed by atoms with E-state index in [-0.39, 0.29) is 11.4 Å². The van der Waals surface area contributed by atoms with Crippen molar-refractivity contribution in [2.24, 2.45) is 0 Å². The first-order valence-electron chi connectivity index (χ1n) is 6.55. The van der Waals surface area contributed by atoms with E-state index in [9.17, 15) is 4.79 Å². The molecule has 0 unspecified atom stereocenters. The van der Waals surface area contributed by atoms with Gasteiger partial charge in [0.15, 0.2) is 17.3 Å². The standard InChI is InChI=1S/C15H19ClO4/c1-18-13-7-10(11(16)8-14(13)19-2)12(17)9-15(20-3)5-4-6-15/h7-8H,4-6,9H2,1-3H3. The maximum Gasteiger partial charge on any atom is 0.167 e. The van der Waals surface area contributed by atoms with E-state index < -0.39 is 0 Å². The molecule has 0 N–H and O–H groups in total. The number of rotatable bonds is 6. The summed E-state index contributed by atoms with van der Waals surface area (Å²) in [5, 5.41) is 0.373. The van der Waals surface area contributed by atoms with Crippen molar-refractivity contribution < 1.29 is 19.0 Å². The van der Waals surface area contributed by atoms with Crippen LogP contribution < -0.4 is 9.47 Å². The number of halogens is 1. The molecule has 1 aromatic carbocycles. The highest BCUT2D eigenvalue weighted by atomic mass is 35.5. The van der Waals surface area contributed by atoms with E-state index in [2.05, 4.69) is 0 Å². The molecule has 4 nitrogen and oxygen atoms in total. The van der Waals surface area contributed by atoms with Crippen LogP contribution in [-0.2, 0) is 4.74 Å². The van der Waals surface area contributed by atoms with E-state index >= 15 is 0 Å². The minimum atomic E-state index is -0.312. The summed E-state index contributed by atoms with van der Waals surface area (Å²) in [6.45, 7) is 0. The van der Waals surface area contributed by atoms with Gasteiger partial charge in [-0.1, -0.05) is 11.6 Å². The van der Waals surface area contributed by atoms with E-state index in [1.165, 1.54) is 14.2 Å². The maximum atomic E-state index is 12.4. The highest BCUT2D eigenvalue weighted by molar-refractivity contribution is 6.34. The van der Waals surface area contributed by atoms with Crippen molar-refractivity contribution in [3.8, 4) is 11.5 Å². The van der Waals surface area contributed by atoms with Crippen molar-refractivity contribution >= 4 is 17.4 Å². The van der Waals surface area contributed by atoms with Crippen LogP contribution in [0.1, 0.15) is 36.0 Å². The molecule has 1 fully saturated rings. The molecule has 0 aliphatic heterocycles. The Hall–Kier alpha value is -1.26. The van der Waals surface area contributed by atoms with E-state index in [0.29, 0.717) is 28.5 Å². The minimum Gasteiger partial charge on any atom is -0.493 e. The van der Waals surface area contributed by atoms with E-state index in [0.717, 1.165) is 19.3 Å². The largest absolute Gasteiger partial charge is 0.493 e. The smallest absolute Gasteiger partial charge is 0.167 e. The monoisotopic (exact) mass is 298 g/mol. The molecule has 0 saturated heterocycles. The lowest BCUT2D eigenvalue weighted by Crippen LogP contribution is -2.41. The number of methoxy groups -OCH3 is 3. The van der Waals surface area contributed by atoms with Crippen LogP contribution in [0, 0.1) is 0 Å². The van der Waals surface area contributed by atoms with Crippen LogP contribution in [0.15, 0.2) is 12.1 Å². The summed E-state index contributed by atoms with van der Waals surface area (Å²) in [7, 11) is 4.72. The van der Waals surface area contributed by atoms with Gasteiger partial charge in [0.05, 0.1) is 24.8 Å². The van der Waals surface area contributed by atoms with Crippen LogP contribution >= 0.6 is 11.6 Å². The number of carbonyl (C=O) groups excluding carboxylic acids is 1. The summed E-state index contributed by atoms with van der Waals surface area (Å²) in [6, 6.07) is 3.24. The second-order valence-corrected chi connectivity index (χ2v) is 5.43. The summed E-state index contributed by atoms with van der Waals surface area (Å²) in [5.41, 5.74) is 0.140. The van der Waals surface area contributed by atoms with Gasteiger partial charge in [0.2, 0.25) is 0 Å². The molecular formula is C15H19ClO4. The zero-order chi connectivity index (χ0) is 14.8. The van der Waals surface area contributed by atoms with Gasteiger partial charge in [-0.3, -0.25) is 4.79 Å². The van der Waals surface area contributed by atoms with Crippen LogP contribution in [0.5, 0.6) is 11.5 Å². The molecule has 2 rings (SSSR count). The maximum absolute atomic E-state index is 12.4. The average Bonchev–Trinajstić information content (AvgIpc) is 2.42. The first kappa shape index (κ1) is 15.1. The third kappa shape index (κ3) is 2.76. The molecule has 0 spiro atoms. The molecule has 5 heteroatoms. The van der Waals surface area contributed by atoms with Gasteiger partial charge in [-0.15, -0.1) is 0 Å². The second kappa shape index (κ2) is 6.02. The summed E-state index contributed by atoms with van der Waals surface area (Å²) >= 11 is 6.17. The number of carbonyl (C=O) groups is 1. The first-order chi connectivity index (χ1) is 9.55. The molecule has 1 aromatic rings. The lowest BCUT2D eigenvalue weighted by atomic mass is 9.76. The predicted molar refractivity (Wildman–Crippen MR) is 77.1 cm³/mol. The Morgan fingerprint density at radius 1 is 1.20 bits per heavy atom. The highest BCUT2D eigenvalue weighted by Gasteiger charge is 2.39. The van der Waals surface area contributed by atoms with Crippen molar-refractivity contribution in [1.29, 1.82) is 0 Å². The molecule has 0 aromatic heterocycles. The number of Topliss-reactive ketones (excluding diaryl/α,β-unsaturated/α-hetero) is 1.